The van der Waals surface area contributed by atoms with Crippen LogP contribution in [-0.4, -0.2) is 31.7 Å². The van der Waals surface area contributed by atoms with Crippen LogP contribution in [-0.2, 0) is 21.2 Å². The summed E-state index contributed by atoms with van der Waals surface area (Å²) in [5, 5.41) is 3.17. The normalized spacial score (nSPS) is 16.6. The number of sulfonamides is 1. The Bertz CT molecular complexity index is 971. The number of benzene rings is 2. The number of nitrogens with zero attached hydrogens (tertiary/aromatic N) is 1. The van der Waals surface area contributed by atoms with Gasteiger partial charge < -0.3 is 5.32 Å². The molecule has 1 aliphatic rings. The van der Waals surface area contributed by atoms with Crippen molar-refractivity contribution >= 4 is 33.2 Å². The summed E-state index contributed by atoms with van der Waals surface area (Å²) in [6, 6.07) is 12.4. The van der Waals surface area contributed by atoms with Crippen molar-refractivity contribution < 1.29 is 13.2 Å². The maximum absolute atomic E-state index is 13.0. The summed E-state index contributed by atoms with van der Waals surface area (Å²) in [6.07, 6.45) is 2.68. The van der Waals surface area contributed by atoms with E-state index in [0.29, 0.717) is 23.8 Å². The van der Waals surface area contributed by atoms with Crippen LogP contribution in [0.3, 0.4) is 0 Å². The molecular weight excluding hydrogens is 396 g/mol. The maximum Gasteiger partial charge on any atom is 0.243 e. The Morgan fingerprint density at radius 2 is 1.89 bits per heavy atom. The molecule has 3 rings (SSSR count). The third kappa shape index (κ3) is 4.09. The zero-order chi connectivity index (χ0) is 20.3. The van der Waals surface area contributed by atoms with Gasteiger partial charge in [-0.25, -0.2) is 8.42 Å². The number of carbonyl (C=O) groups excluding carboxylic acids is 1. The molecule has 1 atom stereocenters. The van der Waals surface area contributed by atoms with Gasteiger partial charge in [0.05, 0.1) is 21.5 Å². The van der Waals surface area contributed by atoms with Gasteiger partial charge in [0.25, 0.3) is 0 Å². The van der Waals surface area contributed by atoms with E-state index in [4.69, 9.17) is 11.6 Å². The predicted octanol–water partition coefficient (Wildman–Crippen LogP) is 4.43. The molecule has 150 valence electrons. The minimum absolute atomic E-state index is 0.125. The zero-order valence-corrected chi connectivity index (χ0v) is 17.7. The summed E-state index contributed by atoms with van der Waals surface area (Å²) < 4.78 is 26.9. The van der Waals surface area contributed by atoms with Gasteiger partial charge in [0.1, 0.15) is 0 Å². The molecule has 7 heteroatoms. The first-order chi connectivity index (χ1) is 13.4. The summed E-state index contributed by atoms with van der Waals surface area (Å²) >= 11 is 6.25. The van der Waals surface area contributed by atoms with Crippen LogP contribution in [0.2, 0.25) is 5.02 Å². The minimum Gasteiger partial charge on any atom is -0.324 e. The lowest BCUT2D eigenvalue weighted by atomic mass is 9.82. The molecule has 0 saturated carbocycles. The van der Waals surface area contributed by atoms with Gasteiger partial charge in [-0.05, 0) is 48.6 Å². The van der Waals surface area contributed by atoms with E-state index in [1.165, 1.54) is 28.1 Å². The number of aryl methyl sites for hydroxylation is 1. The van der Waals surface area contributed by atoms with Crippen molar-refractivity contribution in [2.45, 2.75) is 43.9 Å². The summed E-state index contributed by atoms with van der Waals surface area (Å²) in [5.74, 6) is -0.421. The standard InChI is InChI=1S/C21H25ClN2O3S/c1-3-24(4-2)28(26,27)16-12-13-19(22)20(14-16)23-21(25)18-11-7-9-15-8-5-6-10-17(15)18/h5-6,8,10,12-14,18H,3-4,7,9,11H2,1-2H3,(H,23,25). The molecule has 0 heterocycles. The summed E-state index contributed by atoms with van der Waals surface area (Å²) in [6.45, 7) is 4.34. The van der Waals surface area contributed by atoms with Crippen molar-refractivity contribution in [1.82, 2.24) is 4.31 Å². The highest BCUT2D eigenvalue weighted by Crippen LogP contribution is 2.34. The summed E-state index contributed by atoms with van der Waals surface area (Å²) in [4.78, 5) is 13.1. The van der Waals surface area contributed by atoms with Crippen LogP contribution in [0.25, 0.3) is 0 Å². The van der Waals surface area contributed by atoms with Crippen molar-refractivity contribution in [3.05, 3.63) is 58.6 Å². The Morgan fingerprint density at radius 1 is 1.18 bits per heavy atom. The zero-order valence-electron chi connectivity index (χ0n) is 16.1. The largest absolute Gasteiger partial charge is 0.324 e. The number of hydrogen-bond acceptors (Lipinski definition) is 3. The molecule has 2 aromatic carbocycles. The van der Waals surface area contributed by atoms with Crippen LogP contribution in [0.15, 0.2) is 47.4 Å². The second kappa shape index (κ2) is 8.64. The fourth-order valence-electron chi connectivity index (χ4n) is 3.72. The molecule has 0 radical (unpaired) electrons. The van der Waals surface area contributed by atoms with Crippen LogP contribution in [0.1, 0.15) is 43.7 Å². The summed E-state index contributed by atoms with van der Waals surface area (Å²) in [5.41, 5.74) is 2.55. The molecule has 0 aliphatic heterocycles. The Balaban J connectivity index is 1.88. The number of hydrogen-bond donors (Lipinski definition) is 1. The molecule has 0 spiro atoms. The predicted molar refractivity (Wildman–Crippen MR) is 112 cm³/mol. The first kappa shape index (κ1) is 20.8. The van der Waals surface area contributed by atoms with Gasteiger partial charge in [-0.2, -0.15) is 4.31 Å². The second-order valence-electron chi connectivity index (χ2n) is 6.86. The van der Waals surface area contributed by atoms with E-state index >= 15 is 0 Å². The third-order valence-electron chi connectivity index (χ3n) is 5.22. The first-order valence-electron chi connectivity index (χ1n) is 9.56. The van der Waals surface area contributed by atoms with Crippen LogP contribution >= 0.6 is 11.6 Å². The molecule has 0 aromatic heterocycles. The molecule has 0 saturated heterocycles. The lowest BCUT2D eigenvalue weighted by molar-refractivity contribution is -0.117. The van der Waals surface area contributed by atoms with E-state index < -0.39 is 10.0 Å². The van der Waals surface area contributed by atoms with E-state index in [9.17, 15) is 13.2 Å². The molecule has 1 N–H and O–H groups in total. The summed E-state index contributed by atoms with van der Waals surface area (Å²) in [7, 11) is -3.63. The van der Waals surface area contributed by atoms with Crippen molar-refractivity contribution in [2.75, 3.05) is 18.4 Å². The van der Waals surface area contributed by atoms with E-state index in [1.54, 1.807) is 13.8 Å². The number of carbonyl (C=O) groups is 1. The van der Waals surface area contributed by atoms with Crippen LogP contribution in [0, 0.1) is 0 Å². The molecule has 1 unspecified atom stereocenters. The van der Waals surface area contributed by atoms with Gasteiger partial charge in [0, 0.05) is 13.1 Å². The molecule has 0 fully saturated rings. The number of amides is 1. The monoisotopic (exact) mass is 420 g/mol. The SMILES string of the molecule is CCN(CC)S(=O)(=O)c1ccc(Cl)c(NC(=O)C2CCCc3ccccc32)c1. The van der Waals surface area contributed by atoms with Gasteiger partial charge >= 0.3 is 0 Å². The Hall–Kier alpha value is -1.89. The number of halogens is 1. The van der Waals surface area contributed by atoms with Crippen molar-refractivity contribution in [3.8, 4) is 0 Å². The van der Waals surface area contributed by atoms with Crippen molar-refractivity contribution in [1.29, 1.82) is 0 Å². The Labute approximate surface area is 171 Å². The van der Waals surface area contributed by atoms with Gasteiger partial charge in [0.15, 0.2) is 0 Å². The number of anilines is 1. The molecule has 0 bridgehead atoms. The van der Waals surface area contributed by atoms with E-state index in [2.05, 4.69) is 11.4 Å². The highest BCUT2D eigenvalue weighted by atomic mass is 35.5. The smallest absolute Gasteiger partial charge is 0.243 e. The topological polar surface area (TPSA) is 66.5 Å². The number of rotatable bonds is 6. The van der Waals surface area contributed by atoms with Crippen LogP contribution in [0.5, 0.6) is 0 Å². The van der Waals surface area contributed by atoms with Crippen molar-refractivity contribution in [3.63, 3.8) is 0 Å². The second-order valence-corrected chi connectivity index (χ2v) is 9.21. The van der Waals surface area contributed by atoms with Crippen LogP contribution < -0.4 is 5.32 Å². The lowest BCUT2D eigenvalue weighted by Gasteiger charge is -2.25. The van der Waals surface area contributed by atoms with Gasteiger partial charge in [-0.15, -0.1) is 0 Å². The van der Waals surface area contributed by atoms with Gasteiger partial charge in [-0.3, -0.25) is 4.79 Å². The van der Waals surface area contributed by atoms with E-state index in [0.717, 1.165) is 24.8 Å². The lowest BCUT2D eigenvalue weighted by Crippen LogP contribution is -2.30. The highest BCUT2D eigenvalue weighted by molar-refractivity contribution is 7.89. The molecular formula is C21H25ClN2O3S. The maximum atomic E-state index is 13.0. The van der Waals surface area contributed by atoms with Crippen LogP contribution in [0.4, 0.5) is 5.69 Å². The molecule has 2 aromatic rings. The average molecular weight is 421 g/mol. The number of nitrogens with one attached hydrogen (secondary N) is 1. The third-order valence-corrected chi connectivity index (χ3v) is 7.60. The molecule has 1 amide bonds. The van der Waals surface area contributed by atoms with E-state index in [1.807, 2.05) is 18.2 Å². The average Bonchev–Trinajstić information content (AvgIpc) is 2.69. The minimum atomic E-state index is -3.63. The fourth-order valence-corrected chi connectivity index (χ4v) is 5.37. The number of fused-ring (bicyclic) bond motifs is 1. The van der Waals surface area contributed by atoms with Crippen molar-refractivity contribution in [2.24, 2.45) is 0 Å². The molecule has 1 aliphatic carbocycles. The fraction of sp³-hybridized carbons (Fsp3) is 0.381. The first-order valence-corrected chi connectivity index (χ1v) is 11.4. The highest BCUT2D eigenvalue weighted by Gasteiger charge is 2.27. The van der Waals surface area contributed by atoms with Gasteiger partial charge in [-0.1, -0.05) is 49.7 Å². The molecule has 28 heavy (non-hydrogen) atoms. The Morgan fingerprint density at radius 3 is 2.61 bits per heavy atom. The quantitative estimate of drug-likeness (QED) is 0.751. The Kier molecular flexibility index (Phi) is 6.43. The van der Waals surface area contributed by atoms with E-state index in [-0.39, 0.29) is 16.7 Å². The molecule has 5 nitrogen and oxygen atoms in total. The van der Waals surface area contributed by atoms with Gasteiger partial charge in [0.2, 0.25) is 15.9 Å².